The molecule has 1 heterocycles. The average Bonchev–Trinajstić information content (AvgIpc) is 2.69. The minimum absolute atomic E-state index is 0.516. The fourth-order valence-corrected chi connectivity index (χ4v) is 1.86. The number of hydrogen-bond donors (Lipinski definition) is 0. The Morgan fingerprint density at radius 3 is 3.13 bits per heavy atom. The van der Waals surface area contributed by atoms with Crippen molar-refractivity contribution in [2.45, 2.75) is 32.5 Å². The van der Waals surface area contributed by atoms with Crippen molar-refractivity contribution in [2.24, 2.45) is 0 Å². The second-order valence-electron chi connectivity index (χ2n) is 3.85. The minimum atomic E-state index is -0.816. The molecule has 0 bridgehead atoms. The maximum absolute atomic E-state index is 13.4. The first-order valence-corrected chi connectivity index (χ1v) is 5.28. The lowest BCUT2D eigenvalue weighted by Gasteiger charge is -2.16. The van der Waals surface area contributed by atoms with Gasteiger partial charge in [0.2, 0.25) is 0 Å². The quantitative estimate of drug-likeness (QED) is 0.743. The largest absolute Gasteiger partial charge is 0.333 e. The smallest absolute Gasteiger partial charge is 0.123 e. The maximum atomic E-state index is 13.4. The monoisotopic (exact) mass is 206 g/mol. The predicted octanol–water partition coefficient (Wildman–Crippen LogP) is 2.89. The molecule has 0 spiro atoms. The van der Waals surface area contributed by atoms with Crippen molar-refractivity contribution < 1.29 is 4.39 Å². The third-order valence-electron chi connectivity index (χ3n) is 2.59. The Balaban J connectivity index is 2.10. The summed E-state index contributed by atoms with van der Waals surface area (Å²) >= 11 is 0. The van der Waals surface area contributed by atoms with Crippen LogP contribution in [0.5, 0.6) is 0 Å². The van der Waals surface area contributed by atoms with Gasteiger partial charge >= 0.3 is 0 Å². The molecule has 1 aliphatic rings. The molecule has 0 fully saturated rings. The van der Waals surface area contributed by atoms with E-state index in [1.807, 2.05) is 10.8 Å². The van der Waals surface area contributed by atoms with Crippen LogP contribution >= 0.6 is 0 Å². The van der Waals surface area contributed by atoms with E-state index in [0.29, 0.717) is 6.42 Å². The number of halogens is 1. The van der Waals surface area contributed by atoms with Crippen molar-refractivity contribution in [3.05, 3.63) is 42.0 Å². The predicted molar refractivity (Wildman–Crippen MR) is 58.2 cm³/mol. The van der Waals surface area contributed by atoms with Gasteiger partial charge in [-0.3, -0.25) is 0 Å². The van der Waals surface area contributed by atoms with E-state index in [4.69, 9.17) is 0 Å². The molecule has 80 valence electrons. The van der Waals surface area contributed by atoms with E-state index in [1.165, 1.54) is 0 Å². The summed E-state index contributed by atoms with van der Waals surface area (Å²) in [5.74, 6) is 0. The van der Waals surface area contributed by atoms with E-state index in [0.717, 1.165) is 24.1 Å². The molecule has 1 aromatic heterocycles. The molecule has 2 nitrogen and oxygen atoms in total. The standard InChI is InChI=1S/C12H15FN2/c1-2-10-5-11(7-12(13)6-10)8-15-4-3-14-9-15/h3-6,9,12H,2,7-8H2,1H3. The van der Waals surface area contributed by atoms with Gasteiger partial charge in [0.15, 0.2) is 0 Å². The van der Waals surface area contributed by atoms with Crippen LogP contribution in [-0.4, -0.2) is 15.7 Å². The lowest BCUT2D eigenvalue weighted by atomic mass is 9.96. The van der Waals surface area contributed by atoms with E-state index in [1.54, 1.807) is 18.6 Å². The summed E-state index contributed by atoms with van der Waals surface area (Å²) in [6.45, 7) is 2.80. The van der Waals surface area contributed by atoms with Crippen LogP contribution in [0.15, 0.2) is 42.0 Å². The van der Waals surface area contributed by atoms with E-state index in [2.05, 4.69) is 18.0 Å². The highest BCUT2D eigenvalue weighted by Gasteiger charge is 2.13. The van der Waals surface area contributed by atoms with Gasteiger partial charge in [-0.05, 0) is 23.6 Å². The van der Waals surface area contributed by atoms with Gasteiger partial charge in [0.25, 0.3) is 0 Å². The number of rotatable bonds is 3. The molecule has 0 radical (unpaired) electrons. The van der Waals surface area contributed by atoms with Crippen molar-refractivity contribution in [3.8, 4) is 0 Å². The Labute approximate surface area is 89.1 Å². The number of aromatic nitrogens is 2. The van der Waals surface area contributed by atoms with Crippen LogP contribution in [0.2, 0.25) is 0 Å². The molecule has 1 aromatic rings. The van der Waals surface area contributed by atoms with E-state index in [9.17, 15) is 4.39 Å². The van der Waals surface area contributed by atoms with Gasteiger partial charge in [-0.1, -0.05) is 13.0 Å². The average molecular weight is 206 g/mol. The highest BCUT2D eigenvalue weighted by molar-refractivity contribution is 5.29. The number of imidazole rings is 1. The van der Waals surface area contributed by atoms with E-state index >= 15 is 0 Å². The third kappa shape index (κ3) is 2.55. The first-order valence-electron chi connectivity index (χ1n) is 5.28. The number of allylic oxidation sites excluding steroid dienone is 4. The van der Waals surface area contributed by atoms with Crippen LogP contribution in [0, 0.1) is 0 Å². The molecule has 15 heavy (non-hydrogen) atoms. The Morgan fingerprint density at radius 1 is 1.60 bits per heavy atom. The summed E-state index contributed by atoms with van der Waals surface area (Å²) in [7, 11) is 0. The van der Waals surface area contributed by atoms with Gasteiger partial charge in [-0.25, -0.2) is 9.37 Å². The molecule has 0 saturated heterocycles. The molecular formula is C12H15FN2. The Bertz CT molecular complexity index is 376. The van der Waals surface area contributed by atoms with E-state index in [-0.39, 0.29) is 0 Å². The zero-order valence-corrected chi connectivity index (χ0v) is 8.86. The van der Waals surface area contributed by atoms with Gasteiger partial charge in [-0.15, -0.1) is 0 Å². The van der Waals surface area contributed by atoms with Gasteiger partial charge < -0.3 is 4.57 Å². The summed E-state index contributed by atoms with van der Waals surface area (Å²) in [4.78, 5) is 3.97. The maximum Gasteiger partial charge on any atom is 0.123 e. The van der Waals surface area contributed by atoms with Crippen molar-refractivity contribution in [3.63, 3.8) is 0 Å². The SMILES string of the molecule is CCC1=CC(F)CC(Cn2ccnc2)=C1. The molecular weight excluding hydrogens is 191 g/mol. The topological polar surface area (TPSA) is 17.8 Å². The lowest BCUT2D eigenvalue weighted by molar-refractivity contribution is 0.387. The minimum Gasteiger partial charge on any atom is -0.333 e. The summed E-state index contributed by atoms with van der Waals surface area (Å²) < 4.78 is 15.3. The Kier molecular flexibility index (Phi) is 2.99. The van der Waals surface area contributed by atoms with Crippen LogP contribution in [0.4, 0.5) is 4.39 Å². The number of alkyl halides is 1. The normalized spacial score (nSPS) is 21.1. The van der Waals surface area contributed by atoms with E-state index < -0.39 is 6.17 Å². The zero-order valence-electron chi connectivity index (χ0n) is 8.86. The Hall–Kier alpha value is -1.38. The fraction of sp³-hybridized carbons (Fsp3) is 0.417. The molecule has 1 unspecified atom stereocenters. The molecule has 1 atom stereocenters. The molecule has 3 heteroatoms. The second-order valence-corrected chi connectivity index (χ2v) is 3.85. The molecule has 0 aliphatic heterocycles. The van der Waals surface area contributed by atoms with Crippen molar-refractivity contribution in [1.29, 1.82) is 0 Å². The molecule has 0 amide bonds. The second kappa shape index (κ2) is 4.43. The fourth-order valence-electron chi connectivity index (χ4n) is 1.86. The van der Waals surface area contributed by atoms with Crippen LogP contribution in [0.3, 0.4) is 0 Å². The molecule has 1 aliphatic carbocycles. The van der Waals surface area contributed by atoms with Crippen molar-refractivity contribution in [1.82, 2.24) is 9.55 Å². The molecule has 0 aromatic carbocycles. The van der Waals surface area contributed by atoms with Gasteiger partial charge in [0.05, 0.1) is 6.33 Å². The summed E-state index contributed by atoms with van der Waals surface area (Å²) in [6, 6.07) is 0. The molecule has 0 N–H and O–H groups in total. The van der Waals surface area contributed by atoms with Crippen molar-refractivity contribution in [2.75, 3.05) is 0 Å². The molecule has 0 saturated carbocycles. The van der Waals surface area contributed by atoms with Gasteiger partial charge in [-0.2, -0.15) is 0 Å². The zero-order chi connectivity index (χ0) is 10.7. The Morgan fingerprint density at radius 2 is 2.47 bits per heavy atom. The van der Waals surface area contributed by atoms with Crippen LogP contribution in [-0.2, 0) is 6.54 Å². The first-order chi connectivity index (χ1) is 7.28. The van der Waals surface area contributed by atoms with Crippen LogP contribution < -0.4 is 0 Å². The lowest BCUT2D eigenvalue weighted by Crippen LogP contribution is -2.09. The van der Waals surface area contributed by atoms with Crippen molar-refractivity contribution >= 4 is 0 Å². The first kappa shape index (κ1) is 10.1. The van der Waals surface area contributed by atoms with Crippen LogP contribution in [0.1, 0.15) is 19.8 Å². The van der Waals surface area contributed by atoms with Gasteiger partial charge in [0, 0.05) is 25.4 Å². The van der Waals surface area contributed by atoms with Crippen LogP contribution in [0.25, 0.3) is 0 Å². The van der Waals surface area contributed by atoms with Gasteiger partial charge in [0.1, 0.15) is 6.17 Å². The summed E-state index contributed by atoms with van der Waals surface area (Å²) in [6.07, 6.45) is 9.83. The summed E-state index contributed by atoms with van der Waals surface area (Å²) in [5.41, 5.74) is 2.24. The highest BCUT2D eigenvalue weighted by Crippen LogP contribution is 2.22. The highest BCUT2D eigenvalue weighted by atomic mass is 19.1. The third-order valence-corrected chi connectivity index (χ3v) is 2.59. The number of nitrogens with zero attached hydrogens (tertiary/aromatic N) is 2. The summed E-state index contributed by atoms with van der Waals surface area (Å²) in [5, 5.41) is 0. The molecule has 2 rings (SSSR count). The number of hydrogen-bond acceptors (Lipinski definition) is 1.